The molecule has 0 fully saturated rings. The molecule has 0 saturated heterocycles. The second-order valence-corrected chi connectivity index (χ2v) is 3.79. The van der Waals surface area contributed by atoms with Crippen molar-refractivity contribution < 1.29 is 5.11 Å². The molecule has 2 heteroatoms. The van der Waals surface area contributed by atoms with Crippen LogP contribution in [0.1, 0.15) is 31.0 Å². The van der Waals surface area contributed by atoms with E-state index in [4.69, 9.17) is 0 Å². The van der Waals surface area contributed by atoms with Gasteiger partial charge in [0.25, 0.3) is 0 Å². The molecule has 1 atom stereocenters. The fourth-order valence-corrected chi connectivity index (χ4v) is 1.31. The number of aryl methyl sites for hydroxylation is 1. The molecule has 0 aliphatic rings. The van der Waals surface area contributed by atoms with E-state index in [1.165, 1.54) is 0 Å². The van der Waals surface area contributed by atoms with Gasteiger partial charge in [-0.15, -0.1) is 6.58 Å². The number of nitrogens with zero attached hydrogens (tertiary/aromatic N) is 1. The Morgan fingerprint density at radius 2 is 2.29 bits per heavy atom. The zero-order valence-electron chi connectivity index (χ0n) is 8.83. The van der Waals surface area contributed by atoms with E-state index < -0.39 is 5.60 Å². The van der Waals surface area contributed by atoms with E-state index in [0.717, 1.165) is 17.7 Å². The zero-order valence-corrected chi connectivity index (χ0v) is 8.83. The third kappa shape index (κ3) is 2.67. The highest BCUT2D eigenvalue weighted by molar-refractivity contribution is 5.19. The van der Waals surface area contributed by atoms with Gasteiger partial charge in [-0.05, 0) is 32.8 Å². The van der Waals surface area contributed by atoms with Crippen molar-refractivity contribution in [1.29, 1.82) is 0 Å². The van der Waals surface area contributed by atoms with E-state index in [-0.39, 0.29) is 0 Å². The third-order valence-corrected chi connectivity index (χ3v) is 2.37. The summed E-state index contributed by atoms with van der Waals surface area (Å²) in [6.07, 6.45) is 5.04. The minimum atomic E-state index is -0.797. The number of aromatic nitrogens is 1. The lowest BCUT2D eigenvalue weighted by atomic mass is 9.92. The average molecular weight is 191 g/mol. The van der Waals surface area contributed by atoms with Gasteiger partial charge in [0.1, 0.15) is 0 Å². The van der Waals surface area contributed by atoms with Crippen molar-refractivity contribution in [3.8, 4) is 0 Å². The topological polar surface area (TPSA) is 33.1 Å². The summed E-state index contributed by atoms with van der Waals surface area (Å²) in [5, 5.41) is 10.1. The summed E-state index contributed by atoms with van der Waals surface area (Å²) >= 11 is 0. The number of rotatable bonds is 4. The molecule has 0 spiro atoms. The Morgan fingerprint density at radius 3 is 2.79 bits per heavy atom. The molecule has 1 aromatic heterocycles. The lowest BCUT2D eigenvalue weighted by molar-refractivity contribution is 0.0484. The van der Waals surface area contributed by atoms with E-state index in [1.807, 2.05) is 32.1 Å². The second kappa shape index (κ2) is 4.38. The van der Waals surface area contributed by atoms with Crippen LogP contribution in [0.15, 0.2) is 31.0 Å². The molecule has 0 saturated carbocycles. The van der Waals surface area contributed by atoms with Gasteiger partial charge in [0.05, 0.1) is 5.60 Å². The monoisotopic (exact) mass is 191 g/mol. The summed E-state index contributed by atoms with van der Waals surface area (Å²) in [5.74, 6) is 0. The van der Waals surface area contributed by atoms with E-state index in [2.05, 4.69) is 11.6 Å². The molecule has 0 amide bonds. The lowest BCUT2D eigenvalue weighted by Crippen LogP contribution is -2.20. The van der Waals surface area contributed by atoms with E-state index in [9.17, 15) is 5.11 Å². The van der Waals surface area contributed by atoms with Gasteiger partial charge >= 0.3 is 0 Å². The van der Waals surface area contributed by atoms with Gasteiger partial charge in [0, 0.05) is 17.5 Å². The number of allylic oxidation sites excluding steroid dienone is 1. The first-order valence-electron chi connectivity index (χ1n) is 4.82. The van der Waals surface area contributed by atoms with Crippen LogP contribution in [0, 0.1) is 6.92 Å². The number of pyridine rings is 1. The van der Waals surface area contributed by atoms with Crippen molar-refractivity contribution in [2.45, 2.75) is 32.3 Å². The Hall–Kier alpha value is -1.15. The van der Waals surface area contributed by atoms with Gasteiger partial charge in [0.2, 0.25) is 0 Å². The molecular weight excluding hydrogens is 174 g/mol. The summed E-state index contributed by atoms with van der Waals surface area (Å²) in [6, 6.07) is 3.84. The molecule has 1 unspecified atom stereocenters. The van der Waals surface area contributed by atoms with Crippen molar-refractivity contribution in [3.05, 3.63) is 42.2 Å². The molecule has 1 aromatic rings. The van der Waals surface area contributed by atoms with Gasteiger partial charge in [-0.3, -0.25) is 4.98 Å². The Morgan fingerprint density at radius 1 is 1.57 bits per heavy atom. The largest absolute Gasteiger partial charge is 0.385 e. The summed E-state index contributed by atoms with van der Waals surface area (Å²) < 4.78 is 0. The van der Waals surface area contributed by atoms with Crippen molar-refractivity contribution in [3.63, 3.8) is 0 Å². The molecule has 2 nitrogen and oxygen atoms in total. The first-order valence-corrected chi connectivity index (χ1v) is 4.82. The minimum Gasteiger partial charge on any atom is -0.385 e. The summed E-state index contributed by atoms with van der Waals surface area (Å²) in [5.41, 5.74) is 1.03. The van der Waals surface area contributed by atoms with Crippen LogP contribution in [-0.2, 0) is 5.60 Å². The Kier molecular flexibility index (Phi) is 3.42. The molecule has 14 heavy (non-hydrogen) atoms. The summed E-state index contributed by atoms with van der Waals surface area (Å²) in [7, 11) is 0. The zero-order chi connectivity index (χ0) is 10.6. The van der Waals surface area contributed by atoms with Crippen LogP contribution in [-0.4, -0.2) is 10.1 Å². The van der Waals surface area contributed by atoms with E-state index >= 15 is 0 Å². The number of hydrogen-bond donors (Lipinski definition) is 1. The maximum Gasteiger partial charge on any atom is 0.0886 e. The van der Waals surface area contributed by atoms with Crippen molar-refractivity contribution in [2.24, 2.45) is 0 Å². The minimum absolute atomic E-state index is 0.682. The highest BCUT2D eigenvalue weighted by Gasteiger charge is 2.21. The van der Waals surface area contributed by atoms with Crippen LogP contribution in [0.25, 0.3) is 0 Å². The maximum atomic E-state index is 10.1. The van der Waals surface area contributed by atoms with Crippen molar-refractivity contribution >= 4 is 0 Å². The van der Waals surface area contributed by atoms with Crippen LogP contribution in [0.2, 0.25) is 0 Å². The SMILES string of the molecule is C=CCCC(C)(O)c1ccc(C)nc1. The fourth-order valence-electron chi connectivity index (χ4n) is 1.31. The van der Waals surface area contributed by atoms with Gasteiger partial charge in [-0.1, -0.05) is 12.1 Å². The Labute approximate surface area is 85.3 Å². The van der Waals surface area contributed by atoms with Crippen LogP contribution >= 0.6 is 0 Å². The highest BCUT2D eigenvalue weighted by Crippen LogP contribution is 2.25. The molecule has 0 aromatic carbocycles. The molecule has 0 aliphatic heterocycles. The second-order valence-electron chi connectivity index (χ2n) is 3.79. The van der Waals surface area contributed by atoms with Gasteiger partial charge in [-0.2, -0.15) is 0 Å². The number of aliphatic hydroxyl groups is 1. The van der Waals surface area contributed by atoms with Crippen LogP contribution < -0.4 is 0 Å². The molecule has 0 radical (unpaired) electrons. The van der Waals surface area contributed by atoms with Gasteiger partial charge in [-0.25, -0.2) is 0 Å². The normalized spacial score (nSPS) is 14.8. The van der Waals surface area contributed by atoms with Crippen LogP contribution in [0.4, 0.5) is 0 Å². The summed E-state index contributed by atoms with van der Waals surface area (Å²) in [6.45, 7) is 7.39. The van der Waals surface area contributed by atoms with E-state index in [0.29, 0.717) is 6.42 Å². The smallest absolute Gasteiger partial charge is 0.0886 e. The van der Waals surface area contributed by atoms with Gasteiger partial charge in [0.15, 0.2) is 0 Å². The Balaban J connectivity index is 2.80. The maximum absolute atomic E-state index is 10.1. The average Bonchev–Trinajstić information content (AvgIpc) is 2.16. The molecule has 1 N–H and O–H groups in total. The quantitative estimate of drug-likeness (QED) is 0.742. The van der Waals surface area contributed by atoms with Crippen molar-refractivity contribution in [2.75, 3.05) is 0 Å². The van der Waals surface area contributed by atoms with Gasteiger partial charge < -0.3 is 5.11 Å². The standard InChI is InChI=1S/C12H17NO/c1-4-5-8-12(3,14)11-7-6-10(2)13-9-11/h4,6-7,9,14H,1,5,8H2,2-3H3. The highest BCUT2D eigenvalue weighted by atomic mass is 16.3. The summed E-state index contributed by atoms with van der Waals surface area (Å²) in [4.78, 5) is 4.17. The lowest BCUT2D eigenvalue weighted by Gasteiger charge is -2.22. The molecule has 0 bridgehead atoms. The first-order chi connectivity index (χ1) is 6.56. The molecule has 1 heterocycles. The molecule has 0 aliphatic carbocycles. The fraction of sp³-hybridized carbons (Fsp3) is 0.417. The Bertz CT molecular complexity index is 301. The third-order valence-electron chi connectivity index (χ3n) is 2.37. The van der Waals surface area contributed by atoms with Crippen LogP contribution in [0.3, 0.4) is 0 Å². The molecule has 76 valence electrons. The predicted octanol–water partition coefficient (Wildman–Crippen LogP) is 2.56. The number of hydrogen-bond acceptors (Lipinski definition) is 2. The molecular formula is C12H17NO. The predicted molar refractivity (Wildman–Crippen MR) is 58.0 cm³/mol. The van der Waals surface area contributed by atoms with E-state index in [1.54, 1.807) is 6.20 Å². The van der Waals surface area contributed by atoms with Crippen LogP contribution in [0.5, 0.6) is 0 Å². The first kappa shape index (κ1) is 10.9. The molecule has 1 rings (SSSR count). The van der Waals surface area contributed by atoms with Crippen molar-refractivity contribution in [1.82, 2.24) is 4.98 Å².